The van der Waals surface area contributed by atoms with Crippen molar-refractivity contribution in [2.45, 2.75) is 32.2 Å². The zero-order chi connectivity index (χ0) is 15.2. The maximum Gasteiger partial charge on any atom is 0.239 e. The van der Waals surface area contributed by atoms with Crippen LogP contribution >= 0.6 is 15.9 Å². The SMILES string of the molecule is CCCC[C@H](N)C(=O)N1CCN(c2ncc(Br)cn2)CC1. The highest BCUT2D eigenvalue weighted by Gasteiger charge is 2.25. The normalized spacial score (nSPS) is 16.9. The largest absolute Gasteiger partial charge is 0.338 e. The third kappa shape index (κ3) is 4.38. The molecular weight excluding hydrogens is 334 g/mol. The lowest BCUT2D eigenvalue weighted by atomic mass is 10.1. The highest BCUT2D eigenvalue weighted by molar-refractivity contribution is 9.10. The van der Waals surface area contributed by atoms with Crippen molar-refractivity contribution in [1.82, 2.24) is 14.9 Å². The summed E-state index contributed by atoms with van der Waals surface area (Å²) in [6, 6.07) is -0.361. The van der Waals surface area contributed by atoms with Crippen LogP contribution in [0.1, 0.15) is 26.2 Å². The summed E-state index contributed by atoms with van der Waals surface area (Å²) in [6.45, 7) is 4.95. The fraction of sp³-hybridized carbons (Fsp3) is 0.643. The zero-order valence-electron chi connectivity index (χ0n) is 12.3. The highest BCUT2D eigenvalue weighted by Crippen LogP contribution is 2.14. The van der Waals surface area contributed by atoms with Crippen molar-refractivity contribution >= 4 is 27.8 Å². The van der Waals surface area contributed by atoms with Crippen LogP contribution in [-0.4, -0.2) is 53.0 Å². The smallest absolute Gasteiger partial charge is 0.239 e. The quantitative estimate of drug-likeness (QED) is 0.863. The van der Waals surface area contributed by atoms with E-state index < -0.39 is 0 Å². The van der Waals surface area contributed by atoms with Crippen molar-refractivity contribution in [3.05, 3.63) is 16.9 Å². The Morgan fingerprint density at radius 2 is 1.95 bits per heavy atom. The van der Waals surface area contributed by atoms with E-state index in [1.807, 2.05) is 4.90 Å². The Balaban J connectivity index is 1.85. The molecule has 1 aromatic heterocycles. The lowest BCUT2D eigenvalue weighted by molar-refractivity contribution is -0.133. The molecule has 0 unspecified atom stereocenters. The summed E-state index contributed by atoms with van der Waals surface area (Å²) in [5, 5.41) is 0. The number of nitrogens with zero attached hydrogens (tertiary/aromatic N) is 4. The maximum atomic E-state index is 12.2. The van der Waals surface area contributed by atoms with Crippen LogP contribution in [0.3, 0.4) is 0 Å². The Hall–Kier alpha value is -1.21. The first-order valence-corrected chi connectivity index (χ1v) is 8.18. The van der Waals surface area contributed by atoms with Gasteiger partial charge in [-0.1, -0.05) is 19.8 Å². The van der Waals surface area contributed by atoms with Gasteiger partial charge in [0.2, 0.25) is 11.9 Å². The molecule has 1 aromatic rings. The molecule has 1 aliphatic heterocycles. The predicted octanol–water partition coefficient (Wildman–Crippen LogP) is 1.41. The van der Waals surface area contributed by atoms with E-state index in [0.29, 0.717) is 19.0 Å². The van der Waals surface area contributed by atoms with Gasteiger partial charge >= 0.3 is 0 Å². The molecule has 1 fully saturated rings. The summed E-state index contributed by atoms with van der Waals surface area (Å²) in [4.78, 5) is 24.8. The second-order valence-corrected chi connectivity index (χ2v) is 6.18. The first kappa shape index (κ1) is 16.2. The Labute approximate surface area is 133 Å². The van der Waals surface area contributed by atoms with Crippen LogP contribution in [0.5, 0.6) is 0 Å². The van der Waals surface area contributed by atoms with E-state index in [1.54, 1.807) is 12.4 Å². The van der Waals surface area contributed by atoms with Gasteiger partial charge in [-0.3, -0.25) is 4.79 Å². The Morgan fingerprint density at radius 1 is 1.33 bits per heavy atom. The van der Waals surface area contributed by atoms with Crippen LogP contribution in [0.2, 0.25) is 0 Å². The van der Waals surface area contributed by atoms with Gasteiger partial charge in [-0.2, -0.15) is 0 Å². The molecule has 0 aliphatic carbocycles. The van der Waals surface area contributed by atoms with Gasteiger partial charge in [0, 0.05) is 38.6 Å². The van der Waals surface area contributed by atoms with Crippen LogP contribution in [-0.2, 0) is 4.79 Å². The fourth-order valence-electron chi connectivity index (χ4n) is 2.38. The van der Waals surface area contributed by atoms with Crippen LogP contribution in [0.4, 0.5) is 5.95 Å². The number of aromatic nitrogens is 2. The molecule has 1 aliphatic rings. The van der Waals surface area contributed by atoms with Gasteiger partial charge in [0.15, 0.2) is 0 Å². The summed E-state index contributed by atoms with van der Waals surface area (Å²) >= 11 is 3.32. The van der Waals surface area contributed by atoms with Gasteiger partial charge in [-0.05, 0) is 22.4 Å². The Morgan fingerprint density at radius 3 is 2.52 bits per heavy atom. The van der Waals surface area contributed by atoms with Crippen molar-refractivity contribution < 1.29 is 4.79 Å². The lowest BCUT2D eigenvalue weighted by Crippen LogP contribution is -2.53. The van der Waals surface area contributed by atoms with Gasteiger partial charge < -0.3 is 15.5 Å². The number of amides is 1. The molecule has 2 heterocycles. The molecule has 21 heavy (non-hydrogen) atoms. The molecule has 0 aromatic carbocycles. The van der Waals surface area contributed by atoms with Crippen molar-refractivity contribution in [2.75, 3.05) is 31.1 Å². The number of piperazine rings is 1. The van der Waals surface area contributed by atoms with E-state index in [-0.39, 0.29) is 11.9 Å². The number of hydrogen-bond acceptors (Lipinski definition) is 5. The lowest BCUT2D eigenvalue weighted by Gasteiger charge is -2.35. The highest BCUT2D eigenvalue weighted by atomic mass is 79.9. The summed E-state index contributed by atoms with van der Waals surface area (Å²) in [5.41, 5.74) is 5.96. The van der Waals surface area contributed by atoms with Gasteiger partial charge in [0.05, 0.1) is 10.5 Å². The number of nitrogens with two attached hydrogens (primary N) is 1. The van der Waals surface area contributed by atoms with E-state index >= 15 is 0 Å². The minimum absolute atomic E-state index is 0.0693. The van der Waals surface area contributed by atoms with Gasteiger partial charge in [-0.25, -0.2) is 9.97 Å². The predicted molar refractivity (Wildman–Crippen MR) is 86.0 cm³/mol. The number of rotatable bonds is 5. The number of carbonyl (C=O) groups excluding carboxylic acids is 1. The number of hydrogen-bond donors (Lipinski definition) is 1. The van der Waals surface area contributed by atoms with Gasteiger partial charge in [0.1, 0.15) is 0 Å². The van der Waals surface area contributed by atoms with Gasteiger partial charge in [-0.15, -0.1) is 0 Å². The van der Waals surface area contributed by atoms with Crippen molar-refractivity contribution in [1.29, 1.82) is 0 Å². The Kier molecular flexibility index (Phi) is 5.93. The molecule has 116 valence electrons. The molecular formula is C14H22BrN5O. The molecule has 0 bridgehead atoms. The van der Waals surface area contributed by atoms with Crippen LogP contribution in [0, 0.1) is 0 Å². The van der Waals surface area contributed by atoms with E-state index in [0.717, 1.165) is 36.8 Å². The molecule has 7 heteroatoms. The number of halogens is 1. The minimum Gasteiger partial charge on any atom is -0.338 e. The standard InChI is InChI=1S/C14H22BrN5O/c1-2-3-4-12(16)13(21)19-5-7-20(8-6-19)14-17-9-11(15)10-18-14/h9-10,12H,2-8,16H2,1H3/t12-/m0/s1. The summed E-state index contributed by atoms with van der Waals surface area (Å²) < 4.78 is 0.863. The topological polar surface area (TPSA) is 75.4 Å². The molecule has 6 nitrogen and oxygen atoms in total. The van der Waals surface area contributed by atoms with E-state index in [9.17, 15) is 4.79 Å². The van der Waals surface area contributed by atoms with Crippen molar-refractivity contribution in [3.8, 4) is 0 Å². The van der Waals surface area contributed by atoms with E-state index in [1.165, 1.54) is 0 Å². The molecule has 0 radical (unpaired) electrons. The first-order valence-electron chi connectivity index (χ1n) is 7.38. The summed E-state index contributed by atoms with van der Waals surface area (Å²) in [6.07, 6.45) is 6.31. The second-order valence-electron chi connectivity index (χ2n) is 5.26. The average molecular weight is 356 g/mol. The molecule has 1 amide bonds. The van der Waals surface area contributed by atoms with E-state index in [2.05, 4.69) is 37.7 Å². The van der Waals surface area contributed by atoms with Crippen LogP contribution < -0.4 is 10.6 Å². The van der Waals surface area contributed by atoms with E-state index in [4.69, 9.17) is 5.73 Å². The number of unbranched alkanes of at least 4 members (excludes halogenated alkanes) is 1. The average Bonchev–Trinajstić information content (AvgIpc) is 2.53. The van der Waals surface area contributed by atoms with Gasteiger partial charge in [0.25, 0.3) is 0 Å². The fourth-order valence-corrected chi connectivity index (χ4v) is 2.58. The van der Waals surface area contributed by atoms with Crippen molar-refractivity contribution in [2.24, 2.45) is 5.73 Å². The Bertz CT molecular complexity index is 459. The third-order valence-corrected chi connectivity index (χ3v) is 4.08. The maximum absolute atomic E-state index is 12.2. The van der Waals surface area contributed by atoms with Crippen molar-refractivity contribution in [3.63, 3.8) is 0 Å². The second kappa shape index (κ2) is 7.70. The minimum atomic E-state index is -0.361. The molecule has 0 spiro atoms. The third-order valence-electron chi connectivity index (χ3n) is 3.67. The molecule has 0 saturated carbocycles. The molecule has 1 atom stereocenters. The molecule has 1 saturated heterocycles. The van der Waals surface area contributed by atoms with Crippen LogP contribution in [0.15, 0.2) is 16.9 Å². The monoisotopic (exact) mass is 355 g/mol. The molecule has 2 rings (SSSR count). The first-order chi connectivity index (χ1) is 10.1. The molecule has 2 N–H and O–H groups in total. The summed E-state index contributed by atoms with van der Waals surface area (Å²) in [5.74, 6) is 0.778. The zero-order valence-corrected chi connectivity index (χ0v) is 13.9. The number of carbonyl (C=O) groups is 1. The number of anilines is 1. The van der Waals surface area contributed by atoms with Crippen LogP contribution in [0.25, 0.3) is 0 Å². The summed E-state index contributed by atoms with van der Waals surface area (Å²) in [7, 11) is 0.